The van der Waals surface area contributed by atoms with Crippen molar-refractivity contribution >= 4 is 34.5 Å². The number of nitrogens with one attached hydrogen (secondary N) is 1. The van der Waals surface area contributed by atoms with Crippen LogP contribution in [0.4, 0.5) is 10.1 Å². The van der Waals surface area contributed by atoms with Crippen LogP contribution in [0.2, 0.25) is 0 Å². The number of hydrogen-bond acceptors (Lipinski definition) is 4. The van der Waals surface area contributed by atoms with Crippen molar-refractivity contribution in [2.75, 3.05) is 24.7 Å². The topological polar surface area (TPSA) is 45.5 Å². The Bertz CT molecular complexity index is 841. The minimum Gasteiger partial charge on any atom is -0.459 e. The van der Waals surface area contributed by atoms with Crippen molar-refractivity contribution < 1.29 is 13.6 Å². The van der Waals surface area contributed by atoms with Crippen molar-refractivity contribution in [3.8, 4) is 0 Å². The van der Waals surface area contributed by atoms with Crippen LogP contribution in [0.3, 0.4) is 0 Å². The highest BCUT2D eigenvalue weighted by Gasteiger charge is 2.26. The molecule has 0 aliphatic heterocycles. The van der Waals surface area contributed by atoms with Gasteiger partial charge in [-0.1, -0.05) is 18.0 Å². The Morgan fingerprint density at radius 2 is 2.25 bits per heavy atom. The zero-order valence-electron chi connectivity index (χ0n) is 13.8. The molecule has 0 saturated heterocycles. The van der Waals surface area contributed by atoms with Crippen LogP contribution in [0, 0.1) is 0 Å². The SMILES string of the molecule is CNC(=O)c1c(C2C=CC(F)=CC2)oc2cc(N(C)SC)ccc12. The first-order valence-electron chi connectivity index (χ1n) is 7.65. The molecule has 0 saturated carbocycles. The van der Waals surface area contributed by atoms with E-state index in [1.165, 1.54) is 12.2 Å². The largest absolute Gasteiger partial charge is 0.459 e. The number of benzene rings is 1. The average Bonchev–Trinajstić information content (AvgIpc) is 2.99. The summed E-state index contributed by atoms with van der Waals surface area (Å²) in [6.45, 7) is 0. The van der Waals surface area contributed by atoms with E-state index in [-0.39, 0.29) is 17.7 Å². The summed E-state index contributed by atoms with van der Waals surface area (Å²) in [5.74, 6) is -0.0230. The van der Waals surface area contributed by atoms with E-state index in [0.717, 1.165) is 11.1 Å². The van der Waals surface area contributed by atoms with Gasteiger partial charge in [0.15, 0.2) is 0 Å². The molecule has 3 rings (SSSR count). The second-order valence-corrected chi connectivity index (χ2v) is 6.48. The highest BCUT2D eigenvalue weighted by atomic mass is 32.2. The number of amides is 1. The van der Waals surface area contributed by atoms with Gasteiger partial charge in [-0.25, -0.2) is 4.39 Å². The lowest BCUT2D eigenvalue weighted by Crippen LogP contribution is -2.19. The first-order valence-corrected chi connectivity index (χ1v) is 8.83. The summed E-state index contributed by atoms with van der Waals surface area (Å²) in [7, 11) is 3.56. The molecule has 1 aromatic heterocycles. The molecule has 1 aliphatic carbocycles. The Balaban J connectivity index is 2.13. The monoisotopic (exact) mass is 346 g/mol. The Labute approximate surface area is 144 Å². The first-order chi connectivity index (χ1) is 11.5. The van der Waals surface area contributed by atoms with Gasteiger partial charge in [-0.2, -0.15) is 0 Å². The van der Waals surface area contributed by atoms with Crippen molar-refractivity contribution in [1.29, 1.82) is 0 Å². The standard InChI is InChI=1S/C18H19FN2O2S/c1-20-18(22)16-14-9-8-13(21(2)24-3)10-15(14)23-17(16)11-4-6-12(19)7-5-11/h4,6-11H,5H2,1-3H3,(H,20,22). The molecule has 6 heteroatoms. The zero-order chi connectivity index (χ0) is 17.3. The Morgan fingerprint density at radius 3 is 2.88 bits per heavy atom. The average molecular weight is 346 g/mol. The number of allylic oxidation sites excluding steroid dienone is 4. The van der Waals surface area contributed by atoms with Crippen LogP contribution >= 0.6 is 11.9 Å². The summed E-state index contributed by atoms with van der Waals surface area (Å²) in [6, 6.07) is 5.78. The summed E-state index contributed by atoms with van der Waals surface area (Å²) in [5.41, 5.74) is 2.17. The van der Waals surface area contributed by atoms with Gasteiger partial charge < -0.3 is 14.0 Å². The van der Waals surface area contributed by atoms with Gasteiger partial charge in [-0.15, -0.1) is 0 Å². The third kappa shape index (κ3) is 2.94. The summed E-state index contributed by atoms with van der Waals surface area (Å²) < 4.78 is 21.3. The maximum atomic E-state index is 13.2. The summed E-state index contributed by atoms with van der Waals surface area (Å²) in [6.07, 6.45) is 7.14. The fraction of sp³-hybridized carbons (Fsp3) is 0.278. The second kappa shape index (κ2) is 6.73. The zero-order valence-corrected chi connectivity index (χ0v) is 14.6. The van der Waals surface area contributed by atoms with Crippen LogP contribution < -0.4 is 9.62 Å². The van der Waals surface area contributed by atoms with Gasteiger partial charge in [-0.3, -0.25) is 4.79 Å². The molecule has 1 amide bonds. The highest BCUT2D eigenvalue weighted by molar-refractivity contribution is 7.99. The highest BCUT2D eigenvalue weighted by Crippen LogP contribution is 2.37. The van der Waals surface area contributed by atoms with Crippen LogP contribution in [0.15, 0.2) is 46.7 Å². The van der Waals surface area contributed by atoms with E-state index in [0.29, 0.717) is 23.3 Å². The van der Waals surface area contributed by atoms with E-state index < -0.39 is 0 Å². The maximum Gasteiger partial charge on any atom is 0.255 e. The lowest BCUT2D eigenvalue weighted by Gasteiger charge is -2.14. The molecule has 0 bridgehead atoms. The number of rotatable bonds is 4. The number of halogens is 1. The molecule has 1 atom stereocenters. The van der Waals surface area contributed by atoms with Crippen LogP contribution in [0.25, 0.3) is 11.0 Å². The Hall–Kier alpha value is -2.21. The quantitative estimate of drug-likeness (QED) is 0.833. The molecular weight excluding hydrogens is 327 g/mol. The van der Waals surface area contributed by atoms with Crippen molar-refractivity contribution in [3.63, 3.8) is 0 Å². The minimum atomic E-state index is -0.257. The number of fused-ring (bicyclic) bond motifs is 1. The molecule has 1 aliphatic rings. The summed E-state index contributed by atoms with van der Waals surface area (Å²) >= 11 is 1.59. The molecular formula is C18H19FN2O2S. The molecule has 1 unspecified atom stereocenters. The van der Waals surface area contributed by atoms with E-state index in [9.17, 15) is 9.18 Å². The van der Waals surface area contributed by atoms with E-state index in [1.54, 1.807) is 25.1 Å². The predicted molar refractivity (Wildman–Crippen MR) is 97.2 cm³/mol. The van der Waals surface area contributed by atoms with Crippen LogP contribution in [0.5, 0.6) is 0 Å². The van der Waals surface area contributed by atoms with E-state index in [1.807, 2.05) is 35.8 Å². The maximum absolute atomic E-state index is 13.2. The van der Waals surface area contributed by atoms with Crippen molar-refractivity contribution in [3.05, 3.63) is 53.6 Å². The number of nitrogens with zero attached hydrogens (tertiary/aromatic N) is 1. The Kier molecular flexibility index (Phi) is 4.66. The smallest absolute Gasteiger partial charge is 0.255 e. The normalized spacial score (nSPS) is 17.0. The number of carbonyl (C=O) groups excluding carboxylic acids is 1. The van der Waals surface area contributed by atoms with Crippen molar-refractivity contribution in [1.82, 2.24) is 5.32 Å². The van der Waals surface area contributed by atoms with Crippen LogP contribution in [-0.2, 0) is 0 Å². The van der Waals surface area contributed by atoms with Crippen molar-refractivity contribution in [2.45, 2.75) is 12.3 Å². The summed E-state index contributed by atoms with van der Waals surface area (Å²) in [5, 5.41) is 3.44. The molecule has 0 spiro atoms. The number of carbonyl (C=O) groups is 1. The fourth-order valence-electron chi connectivity index (χ4n) is 2.81. The molecule has 24 heavy (non-hydrogen) atoms. The molecule has 4 nitrogen and oxygen atoms in total. The van der Waals surface area contributed by atoms with Gasteiger partial charge in [0.25, 0.3) is 5.91 Å². The molecule has 0 fully saturated rings. The lowest BCUT2D eigenvalue weighted by atomic mass is 9.94. The van der Waals surface area contributed by atoms with Gasteiger partial charge in [0, 0.05) is 37.7 Å². The summed E-state index contributed by atoms with van der Waals surface area (Å²) in [4.78, 5) is 12.4. The molecule has 1 aromatic carbocycles. The van der Waals surface area contributed by atoms with Gasteiger partial charge in [-0.05, 0) is 30.7 Å². The minimum absolute atomic E-state index is 0.147. The van der Waals surface area contributed by atoms with Gasteiger partial charge in [0.2, 0.25) is 0 Å². The Morgan fingerprint density at radius 1 is 1.46 bits per heavy atom. The first kappa shape index (κ1) is 16.6. The van der Waals surface area contributed by atoms with Crippen LogP contribution in [0.1, 0.15) is 28.5 Å². The number of furan rings is 1. The number of anilines is 1. The van der Waals surface area contributed by atoms with Crippen molar-refractivity contribution in [2.24, 2.45) is 0 Å². The van der Waals surface area contributed by atoms with Gasteiger partial charge in [0.1, 0.15) is 17.2 Å². The van der Waals surface area contributed by atoms with E-state index in [2.05, 4.69) is 5.32 Å². The fourth-order valence-corrected chi connectivity index (χ4v) is 3.14. The molecule has 1 heterocycles. The third-order valence-corrected chi connectivity index (χ3v) is 4.94. The molecule has 126 valence electrons. The van der Waals surface area contributed by atoms with Crippen LogP contribution in [-0.4, -0.2) is 26.3 Å². The predicted octanol–water partition coefficient (Wildman–Crippen LogP) is 4.40. The second-order valence-electron chi connectivity index (χ2n) is 5.57. The molecule has 1 N–H and O–H groups in total. The van der Waals surface area contributed by atoms with E-state index in [4.69, 9.17) is 4.42 Å². The number of hydrogen-bond donors (Lipinski definition) is 1. The lowest BCUT2D eigenvalue weighted by molar-refractivity contribution is 0.0962. The molecule has 0 radical (unpaired) electrons. The third-order valence-electron chi connectivity index (χ3n) is 4.18. The van der Waals surface area contributed by atoms with Gasteiger partial charge >= 0.3 is 0 Å². The van der Waals surface area contributed by atoms with Gasteiger partial charge in [0.05, 0.1) is 11.3 Å². The molecule has 2 aromatic rings. The van der Waals surface area contributed by atoms with E-state index >= 15 is 0 Å².